The molecule has 52 valence electrons. The highest BCUT2D eigenvalue weighted by Gasteiger charge is 2.18. The molecular formula is C10H12. The van der Waals surface area contributed by atoms with E-state index in [0.717, 1.165) is 11.8 Å². The standard InChI is InChI=1S/C10H12/c1-2-6-10-8-4-3-7-9(10)5-1/h1-6,9-10H,7-8H2/t9-,10?/m0/s1. The smallest absolute Gasteiger partial charge is 0.0130 e. The largest absolute Gasteiger partial charge is 0.0879 e. The van der Waals surface area contributed by atoms with Gasteiger partial charge in [0.15, 0.2) is 0 Å². The van der Waals surface area contributed by atoms with Crippen LogP contribution in [0.15, 0.2) is 36.5 Å². The van der Waals surface area contributed by atoms with E-state index in [4.69, 9.17) is 0 Å². The molecule has 10 heavy (non-hydrogen) atoms. The Morgan fingerprint density at radius 3 is 1.80 bits per heavy atom. The third-order valence-corrected chi connectivity index (χ3v) is 2.36. The van der Waals surface area contributed by atoms with Crippen LogP contribution >= 0.6 is 0 Å². The lowest BCUT2D eigenvalue weighted by molar-refractivity contribution is 0.460. The number of rotatable bonds is 0. The highest BCUT2D eigenvalue weighted by molar-refractivity contribution is 5.18. The Kier molecular flexibility index (Phi) is 1.46. The topological polar surface area (TPSA) is 0 Å². The molecule has 0 heteroatoms. The first-order valence-corrected chi connectivity index (χ1v) is 3.97. The van der Waals surface area contributed by atoms with Gasteiger partial charge in [-0.3, -0.25) is 0 Å². The molecule has 0 aromatic heterocycles. The predicted molar refractivity (Wildman–Crippen MR) is 43.6 cm³/mol. The van der Waals surface area contributed by atoms with Crippen molar-refractivity contribution in [3.05, 3.63) is 36.5 Å². The van der Waals surface area contributed by atoms with E-state index in [2.05, 4.69) is 36.5 Å². The van der Waals surface area contributed by atoms with Crippen LogP contribution in [-0.2, 0) is 0 Å². The van der Waals surface area contributed by atoms with Crippen molar-refractivity contribution in [3.63, 3.8) is 0 Å². The SMILES string of the molecule is C1=CC2CC=CC[C@@H]2C=C1. The fraction of sp³-hybridized carbons (Fsp3) is 0.400. The zero-order valence-electron chi connectivity index (χ0n) is 6.03. The van der Waals surface area contributed by atoms with Crippen molar-refractivity contribution >= 4 is 0 Å². The van der Waals surface area contributed by atoms with Crippen LogP contribution < -0.4 is 0 Å². The molecular weight excluding hydrogens is 120 g/mol. The van der Waals surface area contributed by atoms with Gasteiger partial charge in [-0.05, 0) is 24.7 Å². The molecule has 0 fully saturated rings. The number of fused-ring (bicyclic) bond motifs is 1. The first-order chi connectivity index (χ1) is 4.97. The molecule has 0 bridgehead atoms. The molecule has 0 saturated heterocycles. The molecule has 2 rings (SSSR count). The first kappa shape index (κ1) is 5.96. The van der Waals surface area contributed by atoms with Gasteiger partial charge in [-0.15, -0.1) is 0 Å². The molecule has 0 saturated carbocycles. The van der Waals surface area contributed by atoms with Crippen LogP contribution in [0.25, 0.3) is 0 Å². The van der Waals surface area contributed by atoms with Crippen LogP contribution in [0.3, 0.4) is 0 Å². The van der Waals surface area contributed by atoms with Crippen molar-refractivity contribution in [1.82, 2.24) is 0 Å². The minimum atomic E-state index is 0.801. The Labute approximate surface area is 61.9 Å². The monoisotopic (exact) mass is 132 g/mol. The van der Waals surface area contributed by atoms with Gasteiger partial charge in [0.2, 0.25) is 0 Å². The normalized spacial score (nSPS) is 36.0. The fourth-order valence-corrected chi connectivity index (χ4v) is 1.71. The van der Waals surface area contributed by atoms with Crippen molar-refractivity contribution in [3.8, 4) is 0 Å². The number of allylic oxidation sites excluding steroid dienone is 6. The first-order valence-electron chi connectivity index (χ1n) is 3.97. The maximum absolute atomic E-state index is 2.33. The van der Waals surface area contributed by atoms with E-state index < -0.39 is 0 Å². The highest BCUT2D eigenvalue weighted by Crippen LogP contribution is 2.29. The lowest BCUT2D eigenvalue weighted by Gasteiger charge is -2.24. The van der Waals surface area contributed by atoms with Crippen LogP contribution in [0.1, 0.15) is 12.8 Å². The molecule has 2 aliphatic rings. The van der Waals surface area contributed by atoms with Crippen LogP contribution in [0.5, 0.6) is 0 Å². The average molecular weight is 132 g/mol. The molecule has 0 nitrogen and oxygen atoms in total. The summed E-state index contributed by atoms with van der Waals surface area (Å²) in [5, 5.41) is 0. The minimum absolute atomic E-state index is 0.801. The highest BCUT2D eigenvalue weighted by atomic mass is 14.2. The quantitative estimate of drug-likeness (QED) is 0.444. The zero-order valence-corrected chi connectivity index (χ0v) is 6.03. The molecule has 0 spiro atoms. The van der Waals surface area contributed by atoms with Gasteiger partial charge >= 0.3 is 0 Å². The maximum Gasteiger partial charge on any atom is -0.0130 e. The average Bonchev–Trinajstić information content (AvgIpc) is 2.05. The Hall–Kier alpha value is -0.780. The van der Waals surface area contributed by atoms with Crippen LogP contribution in [0, 0.1) is 11.8 Å². The van der Waals surface area contributed by atoms with Crippen LogP contribution in [0.4, 0.5) is 0 Å². The fourth-order valence-electron chi connectivity index (χ4n) is 1.71. The van der Waals surface area contributed by atoms with Crippen LogP contribution in [0.2, 0.25) is 0 Å². The summed E-state index contributed by atoms with van der Waals surface area (Å²) in [5.41, 5.74) is 0. The summed E-state index contributed by atoms with van der Waals surface area (Å²) in [5.74, 6) is 1.60. The van der Waals surface area contributed by atoms with Crippen molar-refractivity contribution in [1.29, 1.82) is 0 Å². The number of hydrogen-bond donors (Lipinski definition) is 0. The summed E-state index contributed by atoms with van der Waals surface area (Å²) in [7, 11) is 0. The van der Waals surface area contributed by atoms with Gasteiger partial charge in [0.25, 0.3) is 0 Å². The van der Waals surface area contributed by atoms with E-state index in [0.29, 0.717) is 0 Å². The predicted octanol–water partition coefficient (Wildman–Crippen LogP) is 2.69. The van der Waals surface area contributed by atoms with Gasteiger partial charge in [0, 0.05) is 0 Å². The lowest BCUT2D eigenvalue weighted by Crippen LogP contribution is -2.13. The third-order valence-electron chi connectivity index (χ3n) is 2.36. The Balaban J connectivity index is 2.19. The summed E-state index contributed by atoms with van der Waals surface area (Å²) in [6, 6.07) is 0. The van der Waals surface area contributed by atoms with Gasteiger partial charge in [0.05, 0.1) is 0 Å². The van der Waals surface area contributed by atoms with Gasteiger partial charge in [0.1, 0.15) is 0 Å². The summed E-state index contributed by atoms with van der Waals surface area (Å²) in [4.78, 5) is 0. The van der Waals surface area contributed by atoms with E-state index >= 15 is 0 Å². The summed E-state index contributed by atoms with van der Waals surface area (Å²) >= 11 is 0. The summed E-state index contributed by atoms with van der Waals surface area (Å²) in [6.07, 6.45) is 16.1. The third kappa shape index (κ3) is 0.942. The maximum atomic E-state index is 2.33. The van der Waals surface area contributed by atoms with Crippen molar-refractivity contribution < 1.29 is 0 Å². The molecule has 2 atom stereocenters. The van der Waals surface area contributed by atoms with Crippen molar-refractivity contribution in [2.24, 2.45) is 11.8 Å². The summed E-state index contributed by atoms with van der Waals surface area (Å²) in [6.45, 7) is 0. The molecule has 0 N–H and O–H groups in total. The van der Waals surface area contributed by atoms with E-state index in [-0.39, 0.29) is 0 Å². The molecule has 0 aliphatic heterocycles. The Bertz CT molecular complexity index is 174. The van der Waals surface area contributed by atoms with E-state index in [1.165, 1.54) is 12.8 Å². The second-order valence-electron chi connectivity index (χ2n) is 3.04. The number of hydrogen-bond acceptors (Lipinski definition) is 0. The van der Waals surface area contributed by atoms with Gasteiger partial charge in [-0.2, -0.15) is 0 Å². The van der Waals surface area contributed by atoms with Gasteiger partial charge in [-0.1, -0.05) is 36.5 Å². The second kappa shape index (κ2) is 2.45. The zero-order chi connectivity index (χ0) is 6.81. The van der Waals surface area contributed by atoms with E-state index in [9.17, 15) is 0 Å². The Morgan fingerprint density at radius 2 is 1.30 bits per heavy atom. The molecule has 0 aromatic rings. The van der Waals surface area contributed by atoms with E-state index in [1.807, 2.05) is 0 Å². The van der Waals surface area contributed by atoms with E-state index in [1.54, 1.807) is 0 Å². The molecule has 0 amide bonds. The van der Waals surface area contributed by atoms with Gasteiger partial charge in [-0.25, -0.2) is 0 Å². The Morgan fingerprint density at radius 1 is 0.800 bits per heavy atom. The molecule has 0 radical (unpaired) electrons. The molecule has 1 unspecified atom stereocenters. The summed E-state index contributed by atoms with van der Waals surface area (Å²) < 4.78 is 0. The second-order valence-corrected chi connectivity index (χ2v) is 3.04. The molecule has 0 heterocycles. The molecule has 0 aromatic carbocycles. The minimum Gasteiger partial charge on any atom is -0.0879 e. The van der Waals surface area contributed by atoms with Gasteiger partial charge < -0.3 is 0 Å². The van der Waals surface area contributed by atoms with Crippen molar-refractivity contribution in [2.75, 3.05) is 0 Å². The molecule has 2 aliphatic carbocycles. The van der Waals surface area contributed by atoms with Crippen molar-refractivity contribution in [2.45, 2.75) is 12.8 Å². The van der Waals surface area contributed by atoms with Crippen LogP contribution in [-0.4, -0.2) is 0 Å². The lowest BCUT2D eigenvalue weighted by atomic mass is 9.81.